The van der Waals surface area contributed by atoms with E-state index in [-0.39, 0.29) is 36.2 Å². The molecule has 1 aliphatic heterocycles. The van der Waals surface area contributed by atoms with E-state index in [4.69, 9.17) is 5.73 Å². The lowest BCUT2D eigenvalue weighted by Gasteiger charge is -2.28. The third kappa shape index (κ3) is 3.20. The van der Waals surface area contributed by atoms with E-state index < -0.39 is 0 Å². The van der Waals surface area contributed by atoms with Crippen LogP contribution in [0.15, 0.2) is 0 Å². The smallest absolute Gasteiger partial charge is 0.242 e. The van der Waals surface area contributed by atoms with E-state index in [9.17, 15) is 9.59 Å². The zero-order valence-electron chi connectivity index (χ0n) is 11.4. The molecule has 3 atom stereocenters. The molecule has 110 valence electrons. The maximum absolute atomic E-state index is 12.5. The Bertz CT molecular complexity index is 338. The van der Waals surface area contributed by atoms with Crippen molar-refractivity contribution in [2.75, 3.05) is 20.1 Å². The monoisotopic (exact) mass is 289 g/mol. The van der Waals surface area contributed by atoms with E-state index in [1.807, 2.05) is 0 Å². The van der Waals surface area contributed by atoms with Gasteiger partial charge in [-0.25, -0.2) is 0 Å². The number of carbonyl (C=O) groups excluding carboxylic acids is 2. The second-order valence-electron chi connectivity index (χ2n) is 5.34. The molecule has 2 fully saturated rings. The summed E-state index contributed by atoms with van der Waals surface area (Å²) in [6, 6.07) is -0.262. The lowest BCUT2D eigenvalue weighted by Crippen LogP contribution is -2.48. The highest BCUT2D eigenvalue weighted by Gasteiger charge is 2.40. The quantitative estimate of drug-likeness (QED) is 0.795. The van der Waals surface area contributed by atoms with E-state index in [1.165, 1.54) is 0 Å². The average Bonchev–Trinajstić information content (AvgIpc) is 3.04. The second-order valence-corrected chi connectivity index (χ2v) is 5.34. The molecule has 0 aromatic carbocycles. The molecule has 2 rings (SSSR count). The minimum absolute atomic E-state index is 0. The molecule has 0 aromatic heterocycles. The molecule has 19 heavy (non-hydrogen) atoms. The van der Waals surface area contributed by atoms with Crippen LogP contribution >= 0.6 is 12.4 Å². The maximum atomic E-state index is 12.5. The highest BCUT2D eigenvalue weighted by Crippen LogP contribution is 2.34. The van der Waals surface area contributed by atoms with Gasteiger partial charge in [-0.15, -0.1) is 12.4 Å². The van der Waals surface area contributed by atoms with E-state index in [1.54, 1.807) is 11.9 Å². The van der Waals surface area contributed by atoms with Gasteiger partial charge in [-0.1, -0.05) is 6.42 Å². The van der Waals surface area contributed by atoms with Gasteiger partial charge in [-0.3, -0.25) is 9.59 Å². The van der Waals surface area contributed by atoms with Crippen molar-refractivity contribution < 1.29 is 9.59 Å². The SMILES string of the molecule is CNC(=O)C1CCCN1C(=O)[C@@H]1CCC[C@@H]1CN.Cl. The molecule has 2 amide bonds. The summed E-state index contributed by atoms with van der Waals surface area (Å²) in [6.45, 7) is 1.29. The van der Waals surface area contributed by atoms with Crippen molar-refractivity contribution in [3.8, 4) is 0 Å². The lowest BCUT2D eigenvalue weighted by atomic mass is 9.94. The molecule has 3 N–H and O–H groups in total. The van der Waals surface area contributed by atoms with Crippen molar-refractivity contribution in [2.24, 2.45) is 17.6 Å². The molecule has 1 saturated carbocycles. The average molecular weight is 290 g/mol. The van der Waals surface area contributed by atoms with Gasteiger partial charge in [0.25, 0.3) is 0 Å². The third-order valence-corrected chi connectivity index (χ3v) is 4.36. The number of nitrogens with zero attached hydrogens (tertiary/aromatic N) is 1. The number of amides is 2. The predicted molar refractivity (Wildman–Crippen MR) is 75.9 cm³/mol. The minimum atomic E-state index is -0.262. The number of hydrogen-bond donors (Lipinski definition) is 2. The van der Waals surface area contributed by atoms with Crippen LogP contribution in [0, 0.1) is 11.8 Å². The first-order valence-corrected chi connectivity index (χ1v) is 6.91. The molecule has 1 aliphatic carbocycles. The van der Waals surface area contributed by atoms with Crippen molar-refractivity contribution >= 4 is 24.2 Å². The topological polar surface area (TPSA) is 75.4 Å². The molecule has 5 nitrogen and oxygen atoms in total. The number of likely N-dealkylation sites (tertiary alicyclic amines) is 1. The fraction of sp³-hybridized carbons (Fsp3) is 0.846. The Morgan fingerprint density at radius 3 is 2.63 bits per heavy atom. The molecular formula is C13H24ClN3O2. The Morgan fingerprint density at radius 2 is 2.00 bits per heavy atom. The van der Waals surface area contributed by atoms with Crippen molar-refractivity contribution in [2.45, 2.75) is 38.1 Å². The molecule has 0 aromatic rings. The van der Waals surface area contributed by atoms with Crippen molar-refractivity contribution in [3.63, 3.8) is 0 Å². The van der Waals surface area contributed by atoms with Gasteiger partial charge in [0.15, 0.2) is 0 Å². The fourth-order valence-corrected chi connectivity index (χ4v) is 3.33. The molecule has 2 aliphatic rings. The van der Waals surface area contributed by atoms with Crippen molar-refractivity contribution in [1.82, 2.24) is 10.2 Å². The number of hydrogen-bond acceptors (Lipinski definition) is 3. The first kappa shape index (κ1) is 16.2. The number of nitrogens with one attached hydrogen (secondary N) is 1. The lowest BCUT2D eigenvalue weighted by molar-refractivity contribution is -0.142. The number of nitrogens with two attached hydrogens (primary N) is 1. The maximum Gasteiger partial charge on any atom is 0.242 e. The summed E-state index contributed by atoms with van der Waals surface area (Å²) < 4.78 is 0. The van der Waals surface area contributed by atoms with Gasteiger partial charge in [-0.05, 0) is 38.1 Å². The van der Waals surface area contributed by atoms with Crippen LogP contribution in [-0.4, -0.2) is 42.9 Å². The molecule has 6 heteroatoms. The molecule has 1 saturated heterocycles. The Morgan fingerprint density at radius 1 is 1.26 bits per heavy atom. The normalized spacial score (nSPS) is 30.0. The zero-order valence-corrected chi connectivity index (χ0v) is 12.2. The second kappa shape index (κ2) is 7.10. The van der Waals surface area contributed by atoms with E-state index >= 15 is 0 Å². The summed E-state index contributed by atoms with van der Waals surface area (Å²) in [7, 11) is 1.63. The van der Waals surface area contributed by atoms with Gasteiger partial charge in [0.2, 0.25) is 11.8 Å². The van der Waals surface area contributed by atoms with Gasteiger partial charge in [-0.2, -0.15) is 0 Å². The molecule has 1 unspecified atom stereocenters. The summed E-state index contributed by atoms with van der Waals surface area (Å²) in [5, 5.41) is 2.65. The van der Waals surface area contributed by atoms with Crippen LogP contribution in [0.4, 0.5) is 0 Å². The highest BCUT2D eigenvalue weighted by molar-refractivity contribution is 5.89. The standard InChI is InChI=1S/C13H23N3O2.ClH/c1-15-12(17)11-6-3-7-16(11)13(18)10-5-2-4-9(10)8-14;/h9-11H,2-8,14H2,1H3,(H,15,17);1H/t9-,10-,11?;/m1./s1. The molecule has 1 heterocycles. The number of halogens is 1. The predicted octanol–water partition coefficient (Wildman–Crippen LogP) is 0.520. The molecular weight excluding hydrogens is 266 g/mol. The Kier molecular flexibility index (Phi) is 6.07. The minimum Gasteiger partial charge on any atom is -0.357 e. The van der Waals surface area contributed by atoms with Crippen LogP contribution in [0.25, 0.3) is 0 Å². The number of carbonyl (C=O) groups is 2. The summed E-state index contributed by atoms with van der Waals surface area (Å²) in [4.78, 5) is 26.1. The summed E-state index contributed by atoms with van der Waals surface area (Å²) >= 11 is 0. The largest absolute Gasteiger partial charge is 0.357 e. The van der Waals surface area contributed by atoms with Crippen LogP contribution in [0.5, 0.6) is 0 Å². The van der Waals surface area contributed by atoms with Crippen LogP contribution in [0.3, 0.4) is 0 Å². The van der Waals surface area contributed by atoms with E-state index in [0.29, 0.717) is 19.0 Å². The first-order chi connectivity index (χ1) is 8.69. The number of likely N-dealkylation sites (N-methyl/N-ethyl adjacent to an activating group) is 1. The first-order valence-electron chi connectivity index (χ1n) is 6.91. The van der Waals surface area contributed by atoms with Gasteiger partial charge in [0, 0.05) is 19.5 Å². The van der Waals surface area contributed by atoms with Crippen LogP contribution in [0.1, 0.15) is 32.1 Å². The Hall–Kier alpha value is -0.810. The zero-order chi connectivity index (χ0) is 13.1. The summed E-state index contributed by atoms with van der Waals surface area (Å²) in [6.07, 6.45) is 4.76. The molecule has 0 spiro atoms. The van der Waals surface area contributed by atoms with Gasteiger partial charge < -0.3 is 16.0 Å². The number of rotatable bonds is 3. The molecule has 0 radical (unpaired) electrons. The van der Waals surface area contributed by atoms with E-state index in [0.717, 1.165) is 32.1 Å². The Labute approximate surface area is 120 Å². The van der Waals surface area contributed by atoms with Crippen molar-refractivity contribution in [3.05, 3.63) is 0 Å². The summed E-state index contributed by atoms with van der Waals surface area (Å²) in [5.74, 6) is 0.459. The fourth-order valence-electron chi connectivity index (χ4n) is 3.33. The van der Waals surface area contributed by atoms with Crippen LogP contribution in [0.2, 0.25) is 0 Å². The van der Waals surface area contributed by atoms with Crippen molar-refractivity contribution in [1.29, 1.82) is 0 Å². The van der Waals surface area contributed by atoms with Gasteiger partial charge >= 0.3 is 0 Å². The summed E-state index contributed by atoms with van der Waals surface area (Å²) in [5.41, 5.74) is 5.73. The molecule has 0 bridgehead atoms. The van der Waals surface area contributed by atoms with Crippen LogP contribution in [-0.2, 0) is 9.59 Å². The van der Waals surface area contributed by atoms with E-state index in [2.05, 4.69) is 5.32 Å². The highest BCUT2D eigenvalue weighted by atomic mass is 35.5. The van der Waals surface area contributed by atoms with Gasteiger partial charge in [0.1, 0.15) is 6.04 Å². The van der Waals surface area contributed by atoms with Crippen LogP contribution < -0.4 is 11.1 Å². The van der Waals surface area contributed by atoms with Gasteiger partial charge in [0.05, 0.1) is 0 Å². The Balaban J connectivity index is 0.00000180. The third-order valence-electron chi connectivity index (χ3n) is 4.36.